The molecular weight excluding hydrogens is 194 g/mol. The summed E-state index contributed by atoms with van der Waals surface area (Å²) in [6.45, 7) is 9.72. The quantitative estimate of drug-likeness (QED) is 0.794. The topological polar surface area (TPSA) is 12.0 Å². The molecule has 0 aromatic heterocycles. The van der Waals surface area contributed by atoms with Gasteiger partial charge in [0, 0.05) is 6.04 Å². The molecule has 0 amide bonds. The molecule has 0 spiro atoms. The third-order valence-corrected chi connectivity index (χ3v) is 2.98. The molecule has 1 atom stereocenters. The molecule has 0 aliphatic heterocycles. The molecule has 1 N–H and O–H groups in total. The fraction of sp³-hybridized carbons (Fsp3) is 0.467. The first kappa shape index (κ1) is 13.0. The van der Waals surface area contributed by atoms with Gasteiger partial charge in [-0.2, -0.15) is 0 Å². The fourth-order valence-corrected chi connectivity index (χ4v) is 1.70. The lowest BCUT2D eigenvalue weighted by Gasteiger charge is -2.13. The van der Waals surface area contributed by atoms with E-state index in [9.17, 15) is 0 Å². The third-order valence-electron chi connectivity index (χ3n) is 2.98. The van der Waals surface area contributed by atoms with Crippen LogP contribution < -0.4 is 5.32 Å². The molecule has 1 unspecified atom stereocenters. The Morgan fingerprint density at radius 3 is 2.38 bits per heavy atom. The van der Waals surface area contributed by atoms with Gasteiger partial charge >= 0.3 is 0 Å². The van der Waals surface area contributed by atoms with Crippen molar-refractivity contribution in [1.29, 1.82) is 0 Å². The molecule has 0 radical (unpaired) electrons. The van der Waals surface area contributed by atoms with Crippen molar-refractivity contribution in [2.75, 3.05) is 6.54 Å². The Labute approximate surface area is 99.6 Å². The first-order chi connectivity index (χ1) is 7.67. The highest BCUT2D eigenvalue weighted by molar-refractivity contribution is 5.53. The Kier molecular flexibility index (Phi) is 5.27. The van der Waals surface area contributed by atoms with Crippen molar-refractivity contribution < 1.29 is 0 Å². The minimum atomic E-state index is 0.454. The number of aryl methyl sites for hydroxylation is 1. The van der Waals surface area contributed by atoms with Gasteiger partial charge in [-0.3, -0.25) is 0 Å². The predicted octanol–water partition coefficient (Wildman–Crippen LogP) is 3.65. The first-order valence-electron chi connectivity index (χ1n) is 6.17. The first-order valence-corrected chi connectivity index (χ1v) is 6.17. The highest BCUT2D eigenvalue weighted by Crippen LogP contribution is 2.11. The van der Waals surface area contributed by atoms with Crippen LogP contribution >= 0.6 is 0 Å². The summed E-state index contributed by atoms with van der Waals surface area (Å²) >= 11 is 0. The second kappa shape index (κ2) is 6.49. The molecule has 0 saturated carbocycles. The van der Waals surface area contributed by atoms with E-state index in [2.05, 4.69) is 63.4 Å². The Balaban J connectivity index is 2.73. The zero-order valence-corrected chi connectivity index (χ0v) is 10.9. The lowest BCUT2D eigenvalue weighted by atomic mass is 10.0. The lowest BCUT2D eigenvalue weighted by Crippen LogP contribution is -2.26. The summed E-state index contributed by atoms with van der Waals surface area (Å²) < 4.78 is 0. The number of hydrogen-bond donors (Lipinski definition) is 1. The van der Waals surface area contributed by atoms with Gasteiger partial charge in [0.2, 0.25) is 0 Å². The highest BCUT2D eigenvalue weighted by Gasteiger charge is 2.01. The van der Waals surface area contributed by atoms with Gasteiger partial charge in [-0.25, -0.2) is 0 Å². The molecule has 0 bridgehead atoms. The second-order valence-corrected chi connectivity index (χ2v) is 4.26. The van der Waals surface area contributed by atoms with Crippen LogP contribution in [0.3, 0.4) is 0 Å². The van der Waals surface area contributed by atoms with Crippen molar-refractivity contribution in [3.63, 3.8) is 0 Å². The number of hydrogen-bond acceptors (Lipinski definition) is 1. The third kappa shape index (κ3) is 3.82. The van der Waals surface area contributed by atoms with Crippen LogP contribution in [-0.2, 0) is 6.42 Å². The van der Waals surface area contributed by atoms with Gasteiger partial charge in [0.15, 0.2) is 0 Å². The van der Waals surface area contributed by atoms with Gasteiger partial charge in [0.1, 0.15) is 0 Å². The average Bonchev–Trinajstić information content (AvgIpc) is 2.30. The molecule has 0 aliphatic rings. The second-order valence-electron chi connectivity index (χ2n) is 4.26. The lowest BCUT2D eigenvalue weighted by molar-refractivity contribution is 0.636. The van der Waals surface area contributed by atoms with Gasteiger partial charge in [-0.15, -0.1) is 0 Å². The van der Waals surface area contributed by atoms with Crippen LogP contribution in [0.5, 0.6) is 0 Å². The largest absolute Gasteiger partial charge is 0.311 e. The zero-order valence-electron chi connectivity index (χ0n) is 10.9. The maximum atomic E-state index is 3.42. The molecule has 1 heteroatoms. The maximum absolute atomic E-state index is 3.42. The van der Waals surface area contributed by atoms with Crippen LogP contribution in [0.25, 0.3) is 6.08 Å². The smallest absolute Gasteiger partial charge is 0.0251 e. The SMILES string of the molecule is CCNC(C)/C(C)=C/c1ccc(CC)cc1. The van der Waals surface area contributed by atoms with Crippen LogP contribution in [0.2, 0.25) is 0 Å². The van der Waals surface area contributed by atoms with E-state index < -0.39 is 0 Å². The minimum Gasteiger partial charge on any atom is -0.311 e. The van der Waals surface area contributed by atoms with E-state index in [0.717, 1.165) is 13.0 Å². The van der Waals surface area contributed by atoms with Gasteiger partial charge < -0.3 is 5.32 Å². The van der Waals surface area contributed by atoms with Crippen molar-refractivity contribution in [3.05, 3.63) is 41.0 Å². The maximum Gasteiger partial charge on any atom is 0.0251 e. The number of likely N-dealkylation sites (N-methyl/N-ethyl adjacent to an activating group) is 1. The monoisotopic (exact) mass is 217 g/mol. The highest BCUT2D eigenvalue weighted by atomic mass is 14.9. The molecule has 1 aromatic carbocycles. The normalized spacial score (nSPS) is 13.9. The van der Waals surface area contributed by atoms with Crippen molar-refractivity contribution in [3.8, 4) is 0 Å². The summed E-state index contributed by atoms with van der Waals surface area (Å²) in [6, 6.07) is 9.26. The van der Waals surface area contributed by atoms with Crippen LogP contribution in [-0.4, -0.2) is 12.6 Å². The fourth-order valence-electron chi connectivity index (χ4n) is 1.70. The van der Waals surface area contributed by atoms with Gasteiger partial charge in [0.25, 0.3) is 0 Å². The molecule has 0 aliphatic carbocycles. The summed E-state index contributed by atoms with van der Waals surface area (Å²) in [5, 5.41) is 3.42. The molecular formula is C15H23N. The molecule has 0 heterocycles. The van der Waals surface area contributed by atoms with Crippen molar-refractivity contribution >= 4 is 6.08 Å². The summed E-state index contributed by atoms with van der Waals surface area (Å²) in [5.74, 6) is 0. The van der Waals surface area contributed by atoms with Gasteiger partial charge in [-0.05, 0) is 37.9 Å². The van der Waals surface area contributed by atoms with E-state index >= 15 is 0 Å². The summed E-state index contributed by atoms with van der Waals surface area (Å²) in [7, 11) is 0. The standard InChI is InChI=1S/C15H23N/c1-5-14-7-9-15(10-8-14)11-12(3)13(4)16-6-2/h7-11,13,16H,5-6H2,1-4H3/b12-11+. The van der Waals surface area contributed by atoms with E-state index in [1.54, 1.807) is 0 Å². The van der Waals surface area contributed by atoms with Crippen LogP contribution in [0.4, 0.5) is 0 Å². The average molecular weight is 217 g/mol. The molecule has 16 heavy (non-hydrogen) atoms. The van der Waals surface area contributed by atoms with Gasteiger partial charge in [-0.1, -0.05) is 49.8 Å². The van der Waals surface area contributed by atoms with E-state index in [0.29, 0.717) is 6.04 Å². The van der Waals surface area contributed by atoms with Crippen LogP contribution in [0.1, 0.15) is 38.8 Å². The molecule has 0 fully saturated rings. The summed E-state index contributed by atoms with van der Waals surface area (Å²) in [5.41, 5.74) is 4.07. The number of benzene rings is 1. The predicted molar refractivity (Wildman–Crippen MR) is 72.6 cm³/mol. The molecule has 88 valence electrons. The van der Waals surface area contributed by atoms with E-state index in [-0.39, 0.29) is 0 Å². The van der Waals surface area contributed by atoms with E-state index in [1.165, 1.54) is 16.7 Å². The van der Waals surface area contributed by atoms with Crippen molar-refractivity contribution in [2.24, 2.45) is 0 Å². The summed E-state index contributed by atoms with van der Waals surface area (Å²) in [4.78, 5) is 0. The van der Waals surface area contributed by atoms with Crippen molar-refractivity contribution in [2.45, 2.75) is 40.2 Å². The van der Waals surface area contributed by atoms with Crippen LogP contribution in [0, 0.1) is 0 Å². The molecule has 1 aromatic rings. The Morgan fingerprint density at radius 2 is 1.88 bits per heavy atom. The number of nitrogens with one attached hydrogen (secondary N) is 1. The van der Waals surface area contributed by atoms with E-state index in [4.69, 9.17) is 0 Å². The Morgan fingerprint density at radius 1 is 1.25 bits per heavy atom. The molecule has 1 nitrogen and oxygen atoms in total. The van der Waals surface area contributed by atoms with Crippen LogP contribution in [0.15, 0.2) is 29.8 Å². The number of rotatable bonds is 5. The van der Waals surface area contributed by atoms with Gasteiger partial charge in [0.05, 0.1) is 0 Å². The molecule has 1 rings (SSSR count). The Hall–Kier alpha value is -1.08. The molecule has 0 saturated heterocycles. The zero-order chi connectivity index (χ0) is 12.0. The van der Waals surface area contributed by atoms with E-state index in [1.807, 2.05) is 0 Å². The summed E-state index contributed by atoms with van der Waals surface area (Å²) in [6.07, 6.45) is 3.36. The Bertz CT molecular complexity index is 335. The minimum absolute atomic E-state index is 0.454. The van der Waals surface area contributed by atoms with Crippen molar-refractivity contribution in [1.82, 2.24) is 5.32 Å².